The minimum absolute atomic E-state index is 0.813. The van der Waals surface area contributed by atoms with Crippen LogP contribution in [0.25, 0.3) is 0 Å². The summed E-state index contributed by atoms with van der Waals surface area (Å²) in [5.74, 6) is 4.27. The maximum Gasteiger partial charge on any atom is 0.0448 e. The average Bonchev–Trinajstić information content (AvgIpc) is 2.34. The Morgan fingerprint density at radius 1 is 1.23 bits per heavy atom. The molecule has 0 radical (unpaired) electrons. The third kappa shape index (κ3) is 3.90. The van der Waals surface area contributed by atoms with Gasteiger partial charge in [0.1, 0.15) is 0 Å². The van der Waals surface area contributed by atoms with Crippen LogP contribution in [-0.4, -0.2) is 29.1 Å². The first-order chi connectivity index (χ1) is 6.09. The monoisotopic (exact) mass is 201 g/mol. The molecule has 1 rings (SSSR count). The summed E-state index contributed by atoms with van der Waals surface area (Å²) in [6, 6.07) is 0.854. The molecule has 1 atom stereocenters. The van der Waals surface area contributed by atoms with Crippen molar-refractivity contribution in [3.05, 3.63) is 0 Å². The molecule has 0 amide bonds. The molecule has 0 N–H and O–H groups in total. The molecule has 1 aliphatic heterocycles. The molecule has 0 bridgehead atoms. The van der Waals surface area contributed by atoms with Crippen LogP contribution in [0.4, 0.5) is 0 Å². The molecular formula is C11H23NS. The summed E-state index contributed by atoms with van der Waals surface area (Å²) >= 11 is 2.10. The summed E-state index contributed by atoms with van der Waals surface area (Å²) in [5, 5.41) is 0. The van der Waals surface area contributed by atoms with E-state index in [1.54, 1.807) is 0 Å². The van der Waals surface area contributed by atoms with Crippen molar-refractivity contribution in [2.45, 2.75) is 40.2 Å². The standard InChI is InChI=1S/C11H23NS/c1-9(2)5-11-7-13-8-12(11)6-10(3)4/h9-11H,5-8H2,1-4H3/t11-/m0/s1. The molecule has 13 heavy (non-hydrogen) atoms. The molecule has 2 heteroatoms. The van der Waals surface area contributed by atoms with Crippen LogP contribution in [0.2, 0.25) is 0 Å². The van der Waals surface area contributed by atoms with Crippen molar-refractivity contribution >= 4 is 11.8 Å². The molecule has 0 aromatic carbocycles. The fourth-order valence-electron chi connectivity index (χ4n) is 1.95. The molecule has 1 heterocycles. The Balaban J connectivity index is 2.35. The smallest absolute Gasteiger partial charge is 0.0448 e. The van der Waals surface area contributed by atoms with E-state index in [4.69, 9.17) is 0 Å². The lowest BCUT2D eigenvalue weighted by molar-refractivity contribution is 0.213. The van der Waals surface area contributed by atoms with E-state index >= 15 is 0 Å². The highest BCUT2D eigenvalue weighted by Crippen LogP contribution is 2.26. The van der Waals surface area contributed by atoms with E-state index in [1.165, 1.54) is 24.6 Å². The zero-order valence-electron chi connectivity index (χ0n) is 9.42. The Kier molecular flexibility index (Phi) is 4.60. The summed E-state index contributed by atoms with van der Waals surface area (Å²) in [6.45, 7) is 10.6. The summed E-state index contributed by atoms with van der Waals surface area (Å²) in [4.78, 5) is 2.66. The zero-order valence-corrected chi connectivity index (χ0v) is 10.2. The van der Waals surface area contributed by atoms with Gasteiger partial charge < -0.3 is 0 Å². The van der Waals surface area contributed by atoms with Gasteiger partial charge in [-0.05, 0) is 18.3 Å². The molecule has 0 aliphatic carbocycles. The second kappa shape index (κ2) is 5.26. The molecule has 1 saturated heterocycles. The highest BCUT2D eigenvalue weighted by molar-refractivity contribution is 7.99. The average molecular weight is 201 g/mol. The van der Waals surface area contributed by atoms with Crippen LogP contribution in [0.1, 0.15) is 34.1 Å². The third-order valence-corrected chi connectivity index (χ3v) is 3.56. The highest BCUT2D eigenvalue weighted by Gasteiger charge is 2.25. The second-order valence-electron chi connectivity index (χ2n) is 4.95. The van der Waals surface area contributed by atoms with Crippen LogP contribution in [-0.2, 0) is 0 Å². The molecule has 0 aromatic rings. The van der Waals surface area contributed by atoms with Crippen molar-refractivity contribution in [2.75, 3.05) is 18.2 Å². The van der Waals surface area contributed by atoms with Gasteiger partial charge in [0, 0.05) is 24.2 Å². The van der Waals surface area contributed by atoms with Crippen molar-refractivity contribution in [2.24, 2.45) is 11.8 Å². The van der Waals surface area contributed by atoms with Gasteiger partial charge in [-0.2, -0.15) is 0 Å². The largest absolute Gasteiger partial charge is 0.290 e. The lowest BCUT2D eigenvalue weighted by atomic mass is 10.0. The summed E-state index contributed by atoms with van der Waals surface area (Å²) in [5.41, 5.74) is 0. The topological polar surface area (TPSA) is 3.24 Å². The maximum atomic E-state index is 2.66. The molecule has 0 saturated carbocycles. The third-order valence-electron chi connectivity index (χ3n) is 2.43. The Bertz CT molecular complexity index is 129. The molecule has 1 fully saturated rings. The van der Waals surface area contributed by atoms with Gasteiger partial charge in [0.2, 0.25) is 0 Å². The Morgan fingerprint density at radius 2 is 1.92 bits per heavy atom. The molecule has 0 spiro atoms. The SMILES string of the molecule is CC(C)C[C@H]1CSCN1CC(C)C. The molecule has 78 valence electrons. The van der Waals surface area contributed by atoms with Crippen molar-refractivity contribution < 1.29 is 0 Å². The summed E-state index contributed by atoms with van der Waals surface area (Å²) in [6.07, 6.45) is 1.37. The first kappa shape index (κ1) is 11.4. The predicted molar refractivity (Wildman–Crippen MR) is 62.1 cm³/mol. The fourth-order valence-corrected chi connectivity index (χ4v) is 3.22. The van der Waals surface area contributed by atoms with Gasteiger partial charge in [0.05, 0.1) is 0 Å². The molecule has 1 aliphatic rings. The van der Waals surface area contributed by atoms with Crippen LogP contribution in [0.5, 0.6) is 0 Å². The van der Waals surface area contributed by atoms with Gasteiger partial charge in [0.25, 0.3) is 0 Å². The van der Waals surface area contributed by atoms with E-state index in [1.807, 2.05) is 0 Å². The van der Waals surface area contributed by atoms with Crippen LogP contribution in [0.3, 0.4) is 0 Å². The predicted octanol–water partition coefficient (Wildman–Crippen LogP) is 3.06. The van der Waals surface area contributed by atoms with Crippen LogP contribution >= 0.6 is 11.8 Å². The van der Waals surface area contributed by atoms with Gasteiger partial charge in [-0.1, -0.05) is 27.7 Å². The van der Waals surface area contributed by atoms with Crippen LogP contribution < -0.4 is 0 Å². The minimum Gasteiger partial charge on any atom is -0.290 e. The van der Waals surface area contributed by atoms with Crippen molar-refractivity contribution in [1.82, 2.24) is 4.90 Å². The van der Waals surface area contributed by atoms with E-state index in [9.17, 15) is 0 Å². The second-order valence-corrected chi connectivity index (χ2v) is 5.95. The Hall–Kier alpha value is 0.310. The zero-order chi connectivity index (χ0) is 9.84. The number of rotatable bonds is 4. The fraction of sp³-hybridized carbons (Fsp3) is 1.00. The van der Waals surface area contributed by atoms with E-state index in [2.05, 4.69) is 44.4 Å². The normalized spacial score (nSPS) is 24.9. The maximum absolute atomic E-state index is 2.66. The first-order valence-corrected chi connectivity index (χ1v) is 6.57. The Morgan fingerprint density at radius 3 is 2.46 bits per heavy atom. The van der Waals surface area contributed by atoms with E-state index in [-0.39, 0.29) is 0 Å². The van der Waals surface area contributed by atoms with Gasteiger partial charge in [-0.3, -0.25) is 4.90 Å². The molecular weight excluding hydrogens is 178 g/mol. The first-order valence-electron chi connectivity index (χ1n) is 5.41. The van der Waals surface area contributed by atoms with Crippen molar-refractivity contribution in [1.29, 1.82) is 0 Å². The van der Waals surface area contributed by atoms with Gasteiger partial charge in [-0.25, -0.2) is 0 Å². The molecule has 1 nitrogen and oxygen atoms in total. The summed E-state index contributed by atoms with van der Waals surface area (Å²) < 4.78 is 0. The minimum atomic E-state index is 0.813. The number of nitrogens with zero attached hydrogens (tertiary/aromatic N) is 1. The molecule has 0 unspecified atom stereocenters. The number of hydrogen-bond donors (Lipinski definition) is 0. The van der Waals surface area contributed by atoms with Crippen LogP contribution in [0.15, 0.2) is 0 Å². The lowest BCUT2D eigenvalue weighted by Gasteiger charge is -2.26. The number of hydrogen-bond acceptors (Lipinski definition) is 2. The van der Waals surface area contributed by atoms with Crippen molar-refractivity contribution in [3.63, 3.8) is 0 Å². The molecule has 0 aromatic heterocycles. The van der Waals surface area contributed by atoms with Gasteiger partial charge in [-0.15, -0.1) is 11.8 Å². The number of thioether (sulfide) groups is 1. The highest BCUT2D eigenvalue weighted by atomic mass is 32.2. The lowest BCUT2D eigenvalue weighted by Crippen LogP contribution is -2.34. The van der Waals surface area contributed by atoms with Gasteiger partial charge >= 0.3 is 0 Å². The van der Waals surface area contributed by atoms with E-state index < -0.39 is 0 Å². The quantitative estimate of drug-likeness (QED) is 0.688. The van der Waals surface area contributed by atoms with Crippen LogP contribution in [0, 0.1) is 11.8 Å². The van der Waals surface area contributed by atoms with E-state index in [0.29, 0.717) is 0 Å². The summed E-state index contributed by atoms with van der Waals surface area (Å²) in [7, 11) is 0. The van der Waals surface area contributed by atoms with Crippen molar-refractivity contribution in [3.8, 4) is 0 Å². The van der Waals surface area contributed by atoms with Gasteiger partial charge in [0.15, 0.2) is 0 Å². The van der Waals surface area contributed by atoms with E-state index in [0.717, 1.165) is 17.9 Å². The Labute approximate surface area is 87.3 Å².